The van der Waals surface area contributed by atoms with Gasteiger partial charge >= 0.3 is 0 Å². The minimum atomic E-state index is -0.0221. The number of rotatable bonds is 5. The van der Waals surface area contributed by atoms with Crippen molar-refractivity contribution >= 4 is 22.9 Å². The second-order valence-corrected chi connectivity index (χ2v) is 9.55. The molecule has 2 saturated carbocycles. The molecule has 0 aliphatic heterocycles. The quantitative estimate of drug-likeness (QED) is 0.630. The van der Waals surface area contributed by atoms with Gasteiger partial charge in [0.25, 0.3) is 5.91 Å². The number of hydrogen-bond donors (Lipinski definition) is 1. The number of nitrogens with zero attached hydrogens (tertiary/aromatic N) is 2. The molecule has 2 aliphatic carbocycles. The minimum absolute atomic E-state index is 0.00536. The zero-order valence-corrected chi connectivity index (χ0v) is 18.6. The van der Waals surface area contributed by atoms with E-state index in [1.165, 1.54) is 6.42 Å². The molecule has 2 aromatic carbocycles. The summed E-state index contributed by atoms with van der Waals surface area (Å²) >= 11 is 0. The van der Waals surface area contributed by atoms with Gasteiger partial charge in [-0.2, -0.15) is 0 Å². The third-order valence-electron chi connectivity index (χ3n) is 7.20. The second-order valence-electron chi connectivity index (χ2n) is 9.55. The number of aromatic nitrogens is 1. The fraction of sp³-hybridized carbons (Fsp3) is 0.423. The van der Waals surface area contributed by atoms with Crippen LogP contribution in [0.3, 0.4) is 0 Å². The minimum Gasteiger partial charge on any atom is -0.436 e. The van der Waals surface area contributed by atoms with E-state index in [0.717, 1.165) is 48.8 Å². The maximum Gasteiger partial charge on any atom is 0.253 e. The molecule has 6 nitrogen and oxygen atoms in total. The Hall–Kier alpha value is -3.15. The molecule has 2 atom stereocenters. The largest absolute Gasteiger partial charge is 0.436 e. The molecule has 2 aliphatic rings. The monoisotopic (exact) mass is 431 g/mol. The van der Waals surface area contributed by atoms with E-state index in [-0.39, 0.29) is 29.3 Å². The summed E-state index contributed by atoms with van der Waals surface area (Å²) in [5, 5.41) is 3.23. The van der Waals surface area contributed by atoms with Crippen molar-refractivity contribution in [3.63, 3.8) is 0 Å². The maximum atomic E-state index is 13.1. The van der Waals surface area contributed by atoms with Gasteiger partial charge < -0.3 is 14.6 Å². The average Bonchev–Trinajstić information content (AvgIpc) is 3.44. The van der Waals surface area contributed by atoms with Crippen LogP contribution in [0.15, 0.2) is 52.9 Å². The van der Waals surface area contributed by atoms with Crippen LogP contribution in [0.1, 0.15) is 55.8 Å². The van der Waals surface area contributed by atoms with Crippen molar-refractivity contribution in [3.8, 4) is 11.5 Å². The van der Waals surface area contributed by atoms with Crippen molar-refractivity contribution in [2.45, 2.75) is 57.0 Å². The Bertz CT molecular complexity index is 1110. The molecule has 6 heteroatoms. The smallest absolute Gasteiger partial charge is 0.253 e. The summed E-state index contributed by atoms with van der Waals surface area (Å²) < 4.78 is 5.82. The van der Waals surface area contributed by atoms with Crippen LogP contribution in [0.2, 0.25) is 0 Å². The molecule has 0 spiro atoms. The lowest BCUT2D eigenvalue weighted by molar-refractivity contribution is -0.127. The molecule has 0 radical (unpaired) electrons. The highest BCUT2D eigenvalue weighted by molar-refractivity contribution is 5.95. The lowest BCUT2D eigenvalue weighted by Crippen LogP contribution is -2.52. The topological polar surface area (TPSA) is 75.4 Å². The number of oxazole rings is 1. The molecule has 2 amide bonds. The summed E-state index contributed by atoms with van der Waals surface area (Å²) in [5.74, 6) is 0.668. The van der Waals surface area contributed by atoms with Gasteiger partial charge in [0.05, 0.1) is 0 Å². The zero-order valence-electron chi connectivity index (χ0n) is 18.6. The third kappa shape index (κ3) is 3.90. The van der Waals surface area contributed by atoms with Gasteiger partial charge in [-0.1, -0.05) is 12.1 Å². The van der Waals surface area contributed by atoms with Crippen LogP contribution in [0.4, 0.5) is 0 Å². The lowest BCUT2D eigenvalue weighted by Gasteiger charge is -2.40. The van der Waals surface area contributed by atoms with Crippen LogP contribution < -0.4 is 5.32 Å². The van der Waals surface area contributed by atoms with E-state index in [4.69, 9.17) is 4.42 Å². The molecule has 1 unspecified atom stereocenters. The Morgan fingerprint density at radius 3 is 2.53 bits per heavy atom. The van der Waals surface area contributed by atoms with Crippen LogP contribution in [0.25, 0.3) is 22.6 Å². The molecule has 0 saturated heterocycles. The Balaban J connectivity index is 1.22. The number of fused-ring (bicyclic) bond motifs is 1. The Kier molecular flexibility index (Phi) is 5.24. The van der Waals surface area contributed by atoms with Gasteiger partial charge in [0.1, 0.15) is 5.52 Å². The molecule has 5 rings (SSSR count). The molecule has 1 N–H and O–H groups in total. The number of carbonyl (C=O) groups is 2. The molecular formula is C26H29N3O3. The normalized spacial score (nSPS) is 21.8. The summed E-state index contributed by atoms with van der Waals surface area (Å²) in [6, 6.07) is 15.1. The third-order valence-corrected chi connectivity index (χ3v) is 7.20. The summed E-state index contributed by atoms with van der Waals surface area (Å²) in [6.07, 6.45) is 5.73. The second kappa shape index (κ2) is 8.08. The molecule has 0 bridgehead atoms. The van der Waals surface area contributed by atoms with Gasteiger partial charge in [-0.05, 0) is 81.8 Å². The van der Waals surface area contributed by atoms with E-state index in [2.05, 4.69) is 17.2 Å². The van der Waals surface area contributed by atoms with Crippen LogP contribution in [0, 0.1) is 5.92 Å². The van der Waals surface area contributed by atoms with Crippen molar-refractivity contribution in [2.24, 2.45) is 5.92 Å². The number of amides is 2. The first kappa shape index (κ1) is 20.7. The molecule has 3 aromatic rings. The zero-order chi connectivity index (χ0) is 22.3. The SMILES string of the molecule is CN(C(=O)c1ccc(-c2nc3ccccc3o2)cc1)C1CC[C@H](C(=O)NC2(C)CCC2)C1. The predicted molar refractivity (Wildman–Crippen MR) is 123 cm³/mol. The summed E-state index contributed by atoms with van der Waals surface area (Å²) in [7, 11) is 1.84. The first-order valence-electron chi connectivity index (χ1n) is 11.5. The average molecular weight is 432 g/mol. The fourth-order valence-corrected chi connectivity index (χ4v) is 4.90. The maximum absolute atomic E-state index is 13.1. The van der Waals surface area contributed by atoms with Gasteiger partial charge in [0.2, 0.25) is 11.8 Å². The number of hydrogen-bond acceptors (Lipinski definition) is 4. The van der Waals surface area contributed by atoms with Crippen molar-refractivity contribution < 1.29 is 14.0 Å². The Morgan fingerprint density at radius 2 is 1.84 bits per heavy atom. The molecule has 166 valence electrons. The van der Waals surface area contributed by atoms with Crippen LogP contribution in [-0.4, -0.2) is 40.3 Å². The molecule has 1 aromatic heterocycles. The van der Waals surface area contributed by atoms with Crippen molar-refractivity contribution in [1.82, 2.24) is 15.2 Å². The molecule has 1 heterocycles. The number of carbonyl (C=O) groups excluding carboxylic acids is 2. The van der Waals surface area contributed by atoms with Gasteiger partial charge in [0.15, 0.2) is 5.58 Å². The van der Waals surface area contributed by atoms with E-state index in [9.17, 15) is 9.59 Å². The van der Waals surface area contributed by atoms with E-state index in [1.54, 1.807) is 4.90 Å². The molecule has 32 heavy (non-hydrogen) atoms. The summed E-state index contributed by atoms with van der Waals surface area (Å²) in [5.41, 5.74) is 3.00. The van der Waals surface area contributed by atoms with Crippen LogP contribution in [0.5, 0.6) is 0 Å². The number of para-hydroxylation sites is 2. The van der Waals surface area contributed by atoms with Crippen molar-refractivity contribution in [2.75, 3.05) is 7.05 Å². The van der Waals surface area contributed by atoms with E-state index < -0.39 is 0 Å². The lowest BCUT2D eigenvalue weighted by atomic mass is 9.78. The van der Waals surface area contributed by atoms with Gasteiger partial charge in [-0.25, -0.2) is 4.98 Å². The van der Waals surface area contributed by atoms with E-state index in [0.29, 0.717) is 11.5 Å². The number of nitrogens with one attached hydrogen (secondary N) is 1. The fourth-order valence-electron chi connectivity index (χ4n) is 4.90. The predicted octanol–water partition coefficient (Wildman–Crippen LogP) is 4.79. The van der Waals surface area contributed by atoms with Gasteiger partial charge in [0, 0.05) is 35.7 Å². The Morgan fingerprint density at radius 1 is 1.09 bits per heavy atom. The highest BCUT2D eigenvalue weighted by Gasteiger charge is 2.38. The Labute approximate surface area is 188 Å². The van der Waals surface area contributed by atoms with E-state index in [1.807, 2.05) is 55.6 Å². The molecular weight excluding hydrogens is 402 g/mol. The van der Waals surface area contributed by atoms with Crippen molar-refractivity contribution in [1.29, 1.82) is 0 Å². The number of benzene rings is 2. The van der Waals surface area contributed by atoms with E-state index >= 15 is 0 Å². The summed E-state index contributed by atoms with van der Waals surface area (Å²) in [6.45, 7) is 2.13. The highest BCUT2D eigenvalue weighted by atomic mass is 16.3. The first-order chi connectivity index (χ1) is 15.4. The standard InChI is InChI=1S/C26H29N3O3/c1-26(14-5-15-26)28-23(30)19-12-13-20(16-19)29(2)25(31)18-10-8-17(9-11-18)24-27-21-6-3-4-7-22(21)32-24/h3-4,6-11,19-20H,5,12-16H2,1-2H3,(H,28,30)/t19-,20?/m0/s1. The first-order valence-corrected chi connectivity index (χ1v) is 11.5. The van der Waals surface area contributed by atoms with Gasteiger partial charge in [-0.15, -0.1) is 0 Å². The summed E-state index contributed by atoms with van der Waals surface area (Å²) in [4.78, 5) is 32.1. The molecule has 2 fully saturated rings. The highest BCUT2D eigenvalue weighted by Crippen LogP contribution is 2.34. The van der Waals surface area contributed by atoms with Crippen LogP contribution >= 0.6 is 0 Å². The van der Waals surface area contributed by atoms with Crippen molar-refractivity contribution in [3.05, 3.63) is 54.1 Å². The van der Waals surface area contributed by atoms with Gasteiger partial charge in [-0.3, -0.25) is 9.59 Å². The van der Waals surface area contributed by atoms with Crippen LogP contribution in [-0.2, 0) is 4.79 Å².